The number of aromatic nitrogens is 1. The van der Waals surface area contributed by atoms with Crippen molar-refractivity contribution in [2.45, 2.75) is 18.7 Å². The summed E-state index contributed by atoms with van der Waals surface area (Å²) < 4.78 is 44.6. The van der Waals surface area contributed by atoms with Crippen molar-refractivity contribution >= 4 is 31.8 Å². The molecule has 0 atom stereocenters. The van der Waals surface area contributed by atoms with Gasteiger partial charge in [-0.25, -0.2) is 12.8 Å². The van der Waals surface area contributed by atoms with Crippen molar-refractivity contribution in [1.82, 2.24) is 5.16 Å². The summed E-state index contributed by atoms with van der Waals surface area (Å²) in [7, 11) is -3.86. The van der Waals surface area contributed by atoms with Crippen molar-refractivity contribution in [3.05, 3.63) is 39.8 Å². The van der Waals surface area contributed by atoms with Gasteiger partial charge >= 0.3 is 0 Å². The molecule has 0 spiro atoms. The van der Waals surface area contributed by atoms with Crippen LogP contribution in [0.5, 0.6) is 0 Å². The van der Waals surface area contributed by atoms with Gasteiger partial charge in [0.05, 0.1) is 0 Å². The number of halogens is 2. The van der Waals surface area contributed by atoms with Crippen molar-refractivity contribution in [3.63, 3.8) is 0 Å². The molecular weight excluding hydrogens is 339 g/mol. The third-order valence-corrected chi connectivity index (χ3v) is 4.89. The van der Waals surface area contributed by atoms with Gasteiger partial charge in [-0.2, -0.15) is 0 Å². The van der Waals surface area contributed by atoms with E-state index in [0.717, 1.165) is 12.1 Å². The lowest BCUT2D eigenvalue weighted by Gasteiger charge is -2.07. The number of nitrogens with one attached hydrogen (secondary N) is 1. The summed E-state index contributed by atoms with van der Waals surface area (Å²) in [6, 6.07) is 3.32. The molecule has 0 fully saturated rings. The summed E-state index contributed by atoms with van der Waals surface area (Å²) in [5, 5.41) is 3.62. The first-order valence-corrected chi connectivity index (χ1v) is 7.49. The fourth-order valence-corrected chi connectivity index (χ4v) is 3.50. The van der Waals surface area contributed by atoms with E-state index in [-0.39, 0.29) is 15.2 Å². The van der Waals surface area contributed by atoms with Crippen LogP contribution in [0.2, 0.25) is 0 Å². The number of rotatable bonds is 3. The highest BCUT2D eigenvalue weighted by atomic mass is 79.9. The predicted octanol–water partition coefficient (Wildman–Crippen LogP) is 2.99. The van der Waals surface area contributed by atoms with Crippen LogP contribution >= 0.6 is 15.9 Å². The van der Waals surface area contributed by atoms with Gasteiger partial charge in [-0.15, -0.1) is 0 Å². The fraction of sp³-hybridized carbons (Fsp3) is 0.182. The standard InChI is InChI=1S/C11H10BrFN2O3S/c1-6-7(2)18-14-11(6)15-19(16,17)10-4-3-8(13)5-9(10)12/h3-5H,1-2H3,(H,14,15). The van der Waals surface area contributed by atoms with E-state index < -0.39 is 15.8 Å². The van der Waals surface area contributed by atoms with E-state index in [9.17, 15) is 12.8 Å². The Bertz CT molecular complexity index is 728. The maximum atomic E-state index is 13.0. The molecule has 102 valence electrons. The zero-order chi connectivity index (χ0) is 14.2. The molecule has 0 aliphatic rings. The molecule has 2 aromatic rings. The van der Waals surface area contributed by atoms with Gasteiger partial charge in [0.2, 0.25) is 0 Å². The predicted molar refractivity (Wildman–Crippen MR) is 70.9 cm³/mol. The van der Waals surface area contributed by atoms with Crippen molar-refractivity contribution < 1.29 is 17.3 Å². The van der Waals surface area contributed by atoms with Crippen LogP contribution in [-0.4, -0.2) is 13.6 Å². The summed E-state index contributed by atoms with van der Waals surface area (Å²) in [5.74, 6) is 0.115. The van der Waals surface area contributed by atoms with E-state index >= 15 is 0 Å². The zero-order valence-corrected chi connectivity index (χ0v) is 12.5. The number of nitrogens with zero attached hydrogens (tertiary/aromatic N) is 1. The SMILES string of the molecule is Cc1onc(NS(=O)(=O)c2ccc(F)cc2Br)c1C. The second-order valence-corrected chi connectivity index (χ2v) is 6.40. The highest BCUT2D eigenvalue weighted by Crippen LogP contribution is 2.26. The maximum absolute atomic E-state index is 13.0. The van der Waals surface area contributed by atoms with Crippen LogP contribution in [-0.2, 0) is 10.0 Å². The molecule has 2 rings (SSSR count). The van der Waals surface area contributed by atoms with Gasteiger partial charge in [0.25, 0.3) is 10.0 Å². The number of benzene rings is 1. The van der Waals surface area contributed by atoms with Crippen molar-refractivity contribution in [2.24, 2.45) is 0 Å². The van der Waals surface area contributed by atoms with Crippen LogP contribution in [0.1, 0.15) is 11.3 Å². The molecule has 0 aliphatic heterocycles. The minimum Gasteiger partial charge on any atom is -0.359 e. The largest absolute Gasteiger partial charge is 0.359 e. The molecule has 0 radical (unpaired) electrons. The van der Waals surface area contributed by atoms with Gasteiger partial charge in [0.15, 0.2) is 5.82 Å². The van der Waals surface area contributed by atoms with E-state index in [1.807, 2.05) is 0 Å². The minimum atomic E-state index is -3.86. The second-order valence-electron chi connectivity index (χ2n) is 3.89. The molecule has 1 aromatic carbocycles. The summed E-state index contributed by atoms with van der Waals surface area (Å²) in [4.78, 5) is -0.0750. The molecule has 1 heterocycles. The molecule has 0 saturated carbocycles. The zero-order valence-electron chi connectivity index (χ0n) is 10.1. The lowest BCUT2D eigenvalue weighted by molar-refractivity contribution is 0.399. The normalized spacial score (nSPS) is 11.6. The number of aryl methyl sites for hydroxylation is 1. The number of anilines is 1. The Hall–Kier alpha value is -1.41. The first-order chi connectivity index (χ1) is 8.81. The minimum absolute atomic E-state index is 0.0750. The number of hydrogen-bond donors (Lipinski definition) is 1. The van der Waals surface area contributed by atoms with E-state index in [0.29, 0.717) is 11.3 Å². The summed E-state index contributed by atoms with van der Waals surface area (Å²) in [6.07, 6.45) is 0. The van der Waals surface area contributed by atoms with Crippen LogP contribution < -0.4 is 4.72 Å². The summed E-state index contributed by atoms with van der Waals surface area (Å²) in [6.45, 7) is 3.36. The van der Waals surface area contributed by atoms with E-state index in [1.54, 1.807) is 13.8 Å². The first-order valence-electron chi connectivity index (χ1n) is 5.22. The molecule has 0 saturated heterocycles. The third kappa shape index (κ3) is 2.79. The van der Waals surface area contributed by atoms with Gasteiger partial charge in [-0.05, 0) is 48.0 Å². The fourth-order valence-electron chi connectivity index (χ4n) is 1.39. The van der Waals surface area contributed by atoms with Crippen molar-refractivity contribution in [3.8, 4) is 0 Å². The molecule has 0 aliphatic carbocycles. The summed E-state index contributed by atoms with van der Waals surface area (Å²) >= 11 is 3.02. The van der Waals surface area contributed by atoms with Gasteiger partial charge in [0.1, 0.15) is 16.5 Å². The van der Waals surface area contributed by atoms with Crippen LogP contribution in [0.4, 0.5) is 10.2 Å². The highest BCUT2D eigenvalue weighted by Gasteiger charge is 2.21. The molecule has 8 heteroatoms. The highest BCUT2D eigenvalue weighted by molar-refractivity contribution is 9.10. The Labute approximate surface area is 118 Å². The topological polar surface area (TPSA) is 72.2 Å². The Morgan fingerprint density at radius 3 is 2.58 bits per heavy atom. The van der Waals surface area contributed by atoms with Gasteiger partial charge < -0.3 is 4.52 Å². The molecule has 0 bridgehead atoms. The van der Waals surface area contributed by atoms with Crippen molar-refractivity contribution in [1.29, 1.82) is 0 Å². The smallest absolute Gasteiger partial charge is 0.264 e. The average molecular weight is 349 g/mol. The number of hydrogen-bond acceptors (Lipinski definition) is 4. The van der Waals surface area contributed by atoms with Crippen LogP contribution in [0.25, 0.3) is 0 Å². The van der Waals surface area contributed by atoms with E-state index in [4.69, 9.17) is 4.52 Å². The second kappa shape index (κ2) is 4.93. The van der Waals surface area contributed by atoms with E-state index in [1.165, 1.54) is 6.07 Å². The molecule has 0 unspecified atom stereocenters. The summed E-state index contributed by atoms with van der Waals surface area (Å²) in [5.41, 5.74) is 0.599. The van der Waals surface area contributed by atoms with Gasteiger partial charge in [-0.1, -0.05) is 5.16 Å². The Morgan fingerprint density at radius 1 is 1.37 bits per heavy atom. The Morgan fingerprint density at radius 2 is 2.05 bits per heavy atom. The van der Waals surface area contributed by atoms with E-state index in [2.05, 4.69) is 25.8 Å². The maximum Gasteiger partial charge on any atom is 0.264 e. The third-order valence-electron chi connectivity index (χ3n) is 2.57. The van der Waals surface area contributed by atoms with Crippen LogP contribution in [0.3, 0.4) is 0 Å². The Balaban J connectivity index is 2.41. The lowest BCUT2D eigenvalue weighted by Crippen LogP contribution is -2.14. The number of sulfonamides is 1. The van der Waals surface area contributed by atoms with Gasteiger partial charge in [0, 0.05) is 10.0 Å². The average Bonchev–Trinajstić information content (AvgIpc) is 2.60. The molecule has 1 aromatic heterocycles. The van der Waals surface area contributed by atoms with Crippen molar-refractivity contribution in [2.75, 3.05) is 4.72 Å². The van der Waals surface area contributed by atoms with Crippen LogP contribution in [0, 0.1) is 19.7 Å². The lowest BCUT2D eigenvalue weighted by atomic mass is 10.3. The molecular formula is C11H10BrFN2O3S. The van der Waals surface area contributed by atoms with Gasteiger partial charge in [-0.3, -0.25) is 4.72 Å². The van der Waals surface area contributed by atoms with Crippen LogP contribution in [0.15, 0.2) is 32.1 Å². The molecule has 0 amide bonds. The molecule has 19 heavy (non-hydrogen) atoms. The quantitative estimate of drug-likeness (QED) is 0.925. The Kier molecular flexibility index (Phi) is 3.64. The monoisotopic (exact) mass is 348 g/mol. The first kappa shape index (κ1) is 14.0. The molecule has 1 N–H and O–H groups in total. The molecule has 5 nitrogen and oxygen atoms in total.